The van der Waals surface area contributed by atoms with Crippen LogP contribution in [0.1, 0.15) is 21.7 Å². The van der Waals surface area contributed by atoms with E-state index in [4.69, 9.17) is 13.9 Å². The van der Waals surface area contributed by atoms with Gasteiger partial charge in [-0.05, 0) is 48.5 Å². The van der Waals surface area contributed by atoms with Crippen LogP contribution in [0.4, 0.5) is 4.79 Å². The van der Waals surface area contributed by atoms with Crippen molar-refractivity contribution in [3.63, 3.8) is 0 Å². The van der Waals surface area contributed by atoms with Crippen molar-refractivity contribution in [3.05, 3.63) is 52.1 Å². The van der Waals surface area contributed by atoms with Gasteiger partial charge in [-0.15, -0.1) is 0 Å². The maximum Gasteiger partial charge on any atom is 0.337 e. The highest BCUT2D eigenvalue weighted by Gasteiger charge is 2.34. The molecule has 3 rings (SSSR count). The highest BCUT2D eigenvalue weighted by atomic mass is 32.2. The van der Waals surface area contributed by atoms with Crippen molar-refractivity contribution in [2.75, 3.05) is 27.4 Å². The number of imide groups is 1. The van der Waals surface area contributed by atoms with E-state index in [1.807, 2.05) is 13.0 Å². The number of carbonyl (C=O) groups is 3. The quantitative estimate of drug-likeness (QED) is 0.538. The molecule has 0 spiro atoms. The Balaban J connectivity index is 1.85. The van der Waals surface area contributed by atoms with Gasteiger partial charge in [-0.2, -0.15) is 0 Å². The molecule has 1 fully saturated rings. The molecule has 0 unspecified atom stereocenters. The highest BCUT2D eigenvalue weighted by molar-refractivity contribution is 8.18. The van der Waals surface area contributed by atoms with Crippen LogP contribution < -0.4 is 0 Å². The number of aryl methyl sites for hydroxylation is 1. The van der Waals surface area contributed by atoms with Gasteiger partial charge in [-0.1, -0.05) is 6.07 Å². The van der Waals surface area contributed by atoms with Crippen molar-refractivity contribution in [1.82, 2.24) is 4.90 Å². The average molecular weight is 401 g/mol. The van der Waals surface area contributed by atoms with Crippen LogP contribution in [0.2, 0.25) is 0 Å². The molecule has 1 aliphatic heterocycles. The zero-order chi connectivity index (χ0) is 20.3. The molecule has 1 aromatic heterocycles. The Kier molecular flexibility index (Phi) is 6.01. The molecule has 0 bridgehead atoms. The van der Waals surface area contributed by atoms with Crippen molar-refractivity contribution in [2.45, 2.75) is 6.92 Å². The Morgan fingerprint density at radius 1 is 1.21 bits per heavy atom. The van der Waals surface area contributed by atoms with Crippen molar-refractivity contribution < 1.29 is 28.3 Å². The third-order valence-electron chi connectivity index (χ3n) is 4.22. The predicted octanol–water partition coefficient (Wildman–Crippen LogP) is 3.72. The Morgan fingerprint density at radius 3 is 2.71 bits per heavy atom. The number of nitrogens with zero attached hydrogens (tertiary/aromatic N) is 1. The summed E-state index contributed by atoms with van der Waals surface area (Å²) in [6.07, 6.45) is 1.54. The Morgan fingerprint density at radius 2 is 2.00 bits per heavy atom. The minimum Gasteiger partial charge on any atom is -0.465 e. The van der Waals surface area contributed by atoms with Gasteiger partial charge in [0.15, 0.2) is 0 Å². The second kappa shape index (κ2) is 8.45. The predicted molar refractivity (Wildman–Crippen MR) is 105 cm³/mol. The highest BCUT2D eigenvalue weighted by Crippen LogP contribution is 2.33. The van der Waals surface area contributed by atoms with Gasteiger partial charge >= 0.3 is 5.97 Å². The maximum absolute atomic E-state index is 12.4. The number of methoxy groups -OCH3 is 2. The Bertz CT molecular complexity index is 961. The molecule has 0 atom stereocenters. The molecule has 0 aliphatic carbocycles. The maximum atomic E-state index is 12.4. The molecular weight excluding hydrogens is 382 g/mol. The summed E-state index contributed by atoms with van der Waals surface area (Å²) in [5.41, 5.74) is 2.09. The molecule has 1 saturated heterocycles. The van der Waals surface area contributed by atoms with Crippen molar-refractivity contribution in [1.29, 1.82) is 0 Å². The summed E-state index contributed by atoms with van der Waals surface area (Å²) in [5, 5.41) is -0.332. The van der Waals surface area contributed by atoms with Crippen molar-refractivity contribution in [2.24, 2.45) is 0 Å². The lowest BCUT2D eigenvalue weighted by molar-refractivity contribution is -0.123. The number of hydrogen-bond donors (Lipinski definition) is 0. The van der Waals surface area contributed by atoms with Crippen LogP contribution in [-0.2, 0) is 14.3 Å². The first-order valence-electron chi connectivity index (χ1n) is 8.48. The van der Waals surface area contributed by atoms with Gasteiger partial charge in [0.2, 0.25) is 0 Å². The first kappa shape index (κ1) is 19.9. The normalized spacial score (nSPS) is 15.5. The summed E-state index contributed by atoms with van der Waals surface area (Å²) < 4.78 is 15.5. The van der Waals surface area contributed by atoms with Gasteiger partial charge < -0.3 is 13.9 Å². The summed E-state index contributed by atoms with van der Waals surface area (Å²) in [6, 6.07) is 8.66. The second-order valence-electron chi connectivity index (χ2n) is 6.05. The number of rotatable bonds is 6. The van der Waals surface area contributed by atoms with E-state index in [1.54, 1.807) is 30.3 Å². The van der Waals surface area contributed by atoms with Crippen LogP contribution in [0.5, 0.6) is 0 Å². The van der Waals surface area contributed by atoms with E-state index in [0.29, 0.717) is 22.0 Å². The molecule has 0 saturated carbocycles. The summed E-state index contributed by atoms with van der Waals surface area (Å²) >= 11 is 0.866. The van der Waals surface area contributed by atoms with Gasteiger partial charge in [0.05, 0.1) is 30.7 Å². The molecule has 28 heavy (non-hydrogen) atoms. The summed E-state index contributed by atoms with van der Waals surface area (Å²) in [5.74, 6) is 0.190. The van der Waals surface area contributed by atoms with Crippen LogP contribution in [0, 0.1) is 6.92 Å². The fourth-order valence-electron chi connectivity index (χ4n) is 2.71. The molecule has 2 aromatic rings. The summed E-state index contributed by atoms with van der Waals surface area (Å²) in [6.45, 7) is 2.40. The average Bonchev–Trinajstić information content (AvgIpc) is 3.25. The molecule has 0 radical (unpaired) electrons. The zero-order valence-electron chi connectivity index (χ0n) is 15.7. The minimum absolute atomic E-state index is 0.210. The minimum atomic E-state index is -0.433. The molecule has 146 valence electrons. The molecule has 0 N–H and O–H groups in total. The molecule has 7 nitrogen and oxygen atoms in total. The van der Waals surface area contributed by atoms with E-state index < -0.39 is 5.97 Å². The summed E-state index contributed by atoms with van der Waals surface area (Å²) in [7, 11) is 2.84. The second-order valence-corrected chi connectivity index (χ2v) is 7.04. The largest absolute Gasteiger partial charge is 0.465 e. The van der Waals surface area contributed by atoms with Crippen molar-refractivity contribution >= 4 is 35.0 Å². The van der Waals surface area contributed by atoms with Crippen LogP contribution >= 0.6 is 11.8 Å². The number of thioether (sulfide) groups is 1. The lowest BCUT2D eigenvalue weighted by Crippen LogP contribution is -2.31. The fraction of sp³-hybridized carbons (Fsp3) is 0.250. The lowest BCUT2D eigenvalue weighted by atomic mass is 10.0. The number of ether oxygens (including phenoxy) is 2. The number of furan rings is 1. The van der Waals surface area contributed by atoms with E-state index in [1.165, 1.54) is 14.2 Å². The van der Waals surface area contributed by atoms with Crippen LogP contribution in [0.15, 0.2) is 39.7 Å². The topological polar surface area (TPSA) is 86.1 Å². The first-order valence-corrected chi connectivity index (χ1v) is 9.29. The summed E-state index contributed by atoms with van der Waals surface area (Å²) in [4.78, 5) is 37.6. The van der Waals surface area contributed by atoms with E-state index in [0.717, 1.165) is 27.8 Å². The number of carbonyl (C=O) groups excluding carboxylic acids is 3. The van der Waals surface area contributed by atoms with Crippen LogP contribution in [-0.4, -0.2) is 49.4 Å². The fourth-order valence-corrected chi connectivity index (χ4v) is 3.56. The van der Waals surface area contributed by atoms with Crippen molar-refractivity contribution in [3.8, 4) is 11.3 Å². The molecule has 8 heteroatoms. The number of amides is 2. The number of benzene rings is 1. The molecular formula is C20H19NO6S. The molecule has 1 aliphatic rings. The molecule has 1 aromatic carbocycles. The van der Waals surface area contributed by atoms with Crippen LogP contribution in [0.25, 0.3) is 17.4 Å². The SMILES string of the molecule is COCCN1C(=O)S/C(=C/c2ccc(-c3cc(C(=O)OC)ccc3C)o2)C1=O. The van der Waals surface area contributed by atoms with E-state index in [2.05, 4.69) is 0 Å². The van der Waals surface area contributed by atoms with Gasteiger partial charge in [0.1, 0.15) is 11.5 Å². The number of hydrogen-bond acceptors (Lipinski definition) is 7. The standard InChI is InChI=1S/C20H19NO6S/c1-12-4-5-13(19(23)26-3)10-15(12)16-7-6-14(27-16)11-17-18(22)21(8-9-25-2)20(24)28-17/h4-7,10-11H,8-9H2,1-3H3/b17-11+. The van der Waals surface area contributed by atoms with Gasteiger partial charge in [0, 0.05) is 18.7 Å². The van der Waals surface area contributed by atoms with E-state index in [-0.39, 0.29) is 24.3 Å². The van der Waals surface area contributed by atoms with Gasteiger partial charge in [-0.25, -0.2) is 4.79 Å². The Hall–Kier alpha value is -2.84. The van der Waals surface area contributed by atoms with Gasteiger partial charge in [0.25, 0.3) is 11.1 Å². The van der Waals surface area contributed by atoms with E-state index >= 15 is 0 Å². The van der Waals surface area contributed by atoms with Crippen LogP contribution in [0.3, 0.4) is 0 Å². The van der Waals surface area contributed by atoms with Gasteiger partial charge in [-0.3, -0.25) is 14.5 Å². The zero-order valence-corrected chi connectivity index (χ0v) is 16.5. The van der Waals surface area contributed by atoms with E-state index in [9.17, 15) is 14.4 Å². The lowest BCUT2D eigenvalue weighted by Gasteiger charge is -2.10. The third kappa shape index (κ3) is 4.02. The third-order valence-corrected chi connectivity index (χ3v) is 5.12. The number of esters is 1. The smallest absolute Gasteiger partial charge is 0.337 e. The monoisotopic (exact) mass is 401 g/mol. The Labute approximate surface area is 166 Å². The molecule has 2 heterocycles. The molecule has 2 amide bonds. The first-order chi connectivity index (χ1) is 13.4.